The second kappa shape index (κ2) is 4.59. The van der Waals surface area contributed by atoms with E-state index >= 15 is 0 Å². The first kappa shape index (κ1) is 11.5. The van der Waals surface area contributed by atoms with Crippen molar-refractivity contribution in [1.29, 1.82) is 0 Å². The lowest BCUT2D eigenvalue weighted by Crippen LogP contribution is -2.41. The zero-order valence-corrected chi connectivity index (χ0v) is 11.0. The summed E-state index contributed by atoms with van der Waals surface area (Å²) in [5, 5.41) is 0. The lowest BCUT2D eigenvalue weighted by molar-refractivity contribution is 0.395. The second-order valence-electron chi connectivity index (χ2n) is 5.05. The Bertz CT molecular complexity index is 456. The third kappa shape index (κ3) is 1.85. The molecule has 4 heteroatoms. The largest absolute Gasteiger partial charge is 0.481 e. The van der Waals surface area contributed by atoms with Crippen LogP contribution in [0, 0.1) is 0 Å². The smallest absolute Gasteiger partial charge is 0.229 e. The normalized spacial score (nSPS) is 26.3. The number of nitrogens with zero attached hydrogens (tertiary/aromatic N) is 3. The average Bonchev–Trinajstić information content (AvgIpc) is 2.69. The Morgan fingerprint density at radius 1 is 1.33 bits per heavy atom. The summed E-state index contributed by atoms with van der Waals surface area (Å²) in [5.74, 6) is 1.48. The fraction of sp³-hybridized carbons (Fsp3) is 0.571. The molecule has 2 aliphatic rings. The Morgan fingerprint density at radius 3 is 2.67 bits per heavy atom. The molecule has 0 spiro atoms. The van der Waals surface area contributed by atoms with E-state index in [2.05, 4.69) is 27.9 Å². The second-order valence-corrected chi connectivity index (χ2v) is 5.05. The number of fused-ring (bicyclic) bond motifs is 2. The minimum Gasteiger partial charge on any atom is -0.481 e. The number of ether oxygens (including phenoxy) is 1. The van der Waals surface area contributed by atoms with Gasteiger partial charge in [-0.2, -0.15) is 4.98 Å². The SMILES string of the molecule is CC=C1CC2CCC(C1)N2c1nccc(OC)n1. The Hall–Kier alpha value is -1.58. The van der Waals surface area contributed by atoms with Gasteiger partial charge in [0.1, 0.15) is 0 Å². The maximum atomic E-state index is 5.19. The monoisotopic (exact) mass is 245 g/mol. The standard InChI is InChI=1S/C14H19N3O/c1-3-10-8-11-4-5-12(9-10)17(11)14-15-7-6-13(16-14)18-2/h3,6-7,11-12H,4-5,8-9H2,1-2H3. The maximum Gasteiger partial charge on any atom is 0.229 e. The quantitative estimate of drug-likeness (QED) is 0.751. The lowest BCUT2D eigenvalue weighted by Gasteiger charge is -2.36. The van der Waals surface area contributed by atoms with Gasteiger partial charge in [-0.25, -0.2) is 4.98 Å². The Kier molecular flexibility index (Phi) is 2.94. The van der Waals surface area contributed by atoms with E-state index in [0.717, 1.165) is 18.8 Å². The van der Waals surface area contributed by atoms with Crippen molar-refractivity contribution < 1.29 is 4.74 Å². The molecule has 2 aliphatic heterocycles. The highest BCUT2D eigenvalue weighted by Gasteiger charge is 2.39. The van der Waals surface area contributed by atoms with Crippen LogP contribution in [0.15, 0.2) is 23.9 Å². The highest BCUT2D eigenvalue weighted by Crippen LogP contribution is 2.40. The molecule has 3 heterocycles. The van der Waals surface area contributed by atoms with Crippen molar-refractivity contribution in [2.24, 2.45) is 0 Å². The maximum absolute atomic E-state index is 5.19. The van der Waals surface area contributed by atoms with Crippen molar-refractivity contribution >= 4 is 5.95 Å². The van der Waals surface area contributed by atoms with E-state index in [-0.39, 0.29) is 0 Å². The van der Waals surface area contributed by atoms with Crippen LogP contribution < -0.4 is 9.64 Å². The van der Waals surface area contributed by atoms with Crippen LogP contribution in [0.2, 0.25) is 0 Å². The van der Waals surface area contributed by atoms with Gasteiger partial charge < -0.3 is 9.64 Å². The number of methoxy groups -OCH3 is 1. The first-order valence-electron chi connectivity index (χ1n) is 6.61. The summed E-state index contributed by atoms with van der Waals surface area (Å²) < 4.78 is 5.19. The molecule has 2 fully saturated rings. The van der Waals surface area contributed by atoms with Crippen molar-refractivity contribution in [2.75, 3.05) is 12.0 Å². The zero-order valence-electron chi connectivity index (χ0n) is 11.0. The van der Waals surface area contributed by atoms with E-state index in [1.54, 1.807) is 24.9 Å². The van der Waals surface area contributed by atoms with E-state index in [9.17, 15) is 0 Å². The molecule has 2 saturated heterocycles. The molecular weight excluding hydrogens is 226 g/mol. The lowest BCUT2D eigenvalue weighted by atomic mass is 9.97. The van der Waals surface area contributed by atoms with E-state index in [0.29, 0.717) is 18.0 Å². The number of aromatic nitrogens is 2. The van der Waals surface area contributed by atoms with E-state index in [1.165, 1.54) is 12.8 Å². The summed E-state index contributed by atoms with van der Waals surface area (Å²) in [6.07, 6.45) is 8.88. The minimum atomic E-state index is 0.571. The van der Waals surface area contributed by atoms with E-state index in [1.807, 2.05) is 0 Å². The van der Waals surface area contributed by atoms with Gasteiger partial charge in [0.2, 0.25) is 11.8 Å². The van der Waals surface area contributed by atoms with Crippen LogP contribution in [0.3, 0.4) is 0 Å². The van der Waals surface area contributed by atoms with Crippen LogP contribution in [0.5, 0.6) is 5.88 Å². The molecular formula is C14H19N3O. The molecule has 1 aromatic heterocycles. The van der Waals surface area contributed by atoms with Crippen LogP contribution in [-0.4, -0.2) is 29.2 Å². The molecule has 0 radical (unpaired) electrons. The molecule has 0 amide bonds. The predicted octanol–water partition coefficient (Wildman–Crippen LogP) is 2.56. The number of rotatable bonds is 2. The summed E-state index contributed by atoms with van der Waals surface area (Å²) >= 11 is 0. The number of anilines is 1. The van der Waals surface area contributed by atoms with Crippen LogP contribution in [0.4, 0.5) is 5.95 Å². The molecule has 1 aromatic rings. The van der Waals surface area contributed by atoms with Gasteiger partial charge in [0.15, 0.2) is 0 Å². The number of hydrogen-bond donors (Lipinski definition) is 0. The summed E-state index contributed by atoms with van der Waals surface area (Å²) in [4.78, 5) is 11.3. The minimum absolute atomic E-state index is 0.571. The molecule has 4 nitrogen and oxygen atoms in total. The third-order valence-electron chi connectivity index (χ3n) is 4.08. The molecule has 3 rings (SSSR count). The van der Waals surface area contributed by atoms with E-state index < -0.39 is 0 Å². The Labute approximate surface area is 108 Å². The molecule has 0 saturated carbocycles. The zero-order chi connectivity index (χ0) is 12.5. The van der Waals surface area contributed by atoms with Crippen LogP contribution in [0.1, 0.15) is 32.6 Å². The van der Waals surface area contributed by atoms with Gasteiger partial charge in [-0.15, -0.1) is 0 Å². The predicted molar refractivity (Wildman–Crippen MR) is 70.9 cm³/mol. The number of allylic oxidation sites excluding steroid dienone is 1. The number of piperidine rings is 1. The van der Waals surface area contributed by atoms with Crippen molar-refractivity contribution in [2.45, 2.75) is 44.7 Å². The van der Waals surface area contributed by atoms with Crippen LogP contribution in [0.25, 0.3) is 0 Å². The average molecular weight is 245 g/mol. The highest BCUT2D eigenvalue weighted by atomic mass is 16.5. The van der Waals surface area contributed by atoms with Gasteiger partial charge >= 0.3 is 0 Å². The van der Waals surface area contributed by atoms with Gasteiger partial charge in [-0.1, -0.05) is 11.6 Å². The molecule has 0 aromatic carbocycles. The van der Waals surface area contributed by atoms with Crippen molar-refractivity contribution in [1.82, 2.24) is 9.97 Å². The molecule has 96 valence electrons. The van der Waals surface area contributed by atoms with Gasteiger partial charge in [-0.3, -0.25) is 0 Å². The number of hydrogen-bond acceptors (Lipinski definition) is 4. The van der Waals surface area contributed by atoms with Gasteiger partial charge in [0.05, 0.1) is 7.11 Å². The van der Waals surface area contributed by atoms with Crippen LogP contribution >= 0.6 is 0 Å². The summed E-state index contributed by atoms with van der Waals surface area (Å²) in [5.41, 5.74) is 1.58. The Balaban J connectivity index is 1.89. The Morgan fingerprint density at radius 2 is 2.06 bits per heavy atom. The summed E-state index contributed by atoms with van der Waals surface area (Å²) in [6, 6.07) is 2.94. The molecule has 2 unspecified atom stereocenters. The topological polar surface area (TPSA) is 38.2 Å². The molecule has 18 heavy (non-hydrogen) atoms. The van der Waals surface area contributed by atoms with Crippen LogP contribution in [-0.2, 0) is 0 Å². The fourth-order valence-corrected chi connectivity index (χ4v) is 3.18. The van der Waals surface area contributed by atoms with E-state index in [4.69, 9.17) is 4.74 Å². The molecule has 2 atom stereocenters. The van der Waals surface area contributed by atoms with Crippen molar-refractivity contribution in [3.8, 4) is 5.88 Å². The molecule has 0 N–H and O–H groups in total. The van der Waals surface area contributed by atoms with Gasteiger partial charge in [0, 0.05) is 24.3 Å². The molecule has 2 bridgehead atoms. The summed E-state index contributed by atoms with van der Waals surface area (Å²) in [6.45, 7) is 2.15. The fourth-order valence-electron chi connectivity index (χ4n) is 3.18. The highest BCUT2D eigenvalue weighted by molar-refractivity contribution is 5.41. The third-order valence-corrected chi connectivity index (χ3v) is 4.08. The van der Waals surface area contributed by atoms with Crippen molar-refractivity contribution in [3.63, 3.8) is 0 Å². The first-order valence-corrected chi connectivity index (χ1v) is 6.61. The van der Waals surface area contributed by atoms with Gasteiger partial charge in [-0.05, 0) is 32.6 Å². The van der Waals surface area contributed by atoms with Crippen molar-refractivity contribution in [3.05, 3.63) is 23.9 Å². The first-order chi connectivity index (χ1) is 8.81. The van der Waals surface area contributed by atoms with Gasteiger partial charge in [0.25, 0.3) is 0 Å². The molecule has 0 aliphatic carbocycles. The summed E-state index contributed by atoms with van der Waals surface area (Å²) in [7, 11) is 1.65.